The summed E-state index contributed by atoms with van der Waals surface area (Å²) >= 11 is 0. The first-order valence-corrected chi connectivity index (χ1v) is 7.33. The van der Waals surface area contributed by atoms with E-state index >= 15 is 0 Å². The van der Waals surface area contributed by atoms with E-state index in [0.29, 0.717) is 38.1 Å². The maximum absolute atomic E-state index is 11.4. The van der Waals surface area contributed by atoms with Gasteiger partial charge in [-0.15, -0.1) is 0 Å². The van der Waals surface area contributed by atoms with E-state index in [1.165, 1.54) is 0 Å². The van der Waals surface area contributed by atoms with E-state index in [1.807, 2.05) is 0 Å². The van der Waals surface area contributed by atoms with Gasteiger partial charge in [-0.2, -0.15) is 0 Å². The van der Waals surface area contributed by atoms with Crippen molar-refractivity contribution in [2.24, 2.45) is 5.92 Å². The highest BCUT2D eigenvalue weighted by molar-refractivity contribution is 5.76. The third kappa shape index (κ3) is 9.87. The van der Waals surface area contributed by atoms with Crippen LogP contribution in [0.5, 0.6) is 0 Å². The van der Waals surface area contributed by atoms with Gasteiger partial charge in [0.1, 0.15) is 0 Å². The Hall–Kier alpha value is -0.650. The Morgan fingerprint density at radius 2 is 2.11 bits per heavy atom. The second-order valence-corrected chi connectivity index (χ2v) is 5.73. The fraction of sp³-hybridized carbons (Fsp3) is 0.929. The summed E-state index contributed by atoms with van der Waals surface area (Å²) in [6.07, 6.45) is 3.15. The Morgan fingerprint density at radius 3 is 2.74 bits per heavy atom. The standard InChI is InChI=1S/C14H28N2O3/c1-11(2)9-19-10-13(17)8-15-7-3-4-14(18)16-12-5-6-12/h11-13,15,17H,3-10H2,1-2H3,(H,16,18). The maximum Gasteiger partial charge on any atom is 0.220 e. The Morgan fingerprint density at radius 1 is 1.37 bits per heavy atom. The van der Waals surface area contributed by atoms with Gasteiger partial charge in [-0.25, -0.2) is 0 Å². The van der Waals surface area contributed by atoms with Crippen LogP contribution in [-0.2, 0) is 9.53 Å². The molecule has 0 aromatic rings. The number of ether oxygens (including phenoxy) is 1. The Labute approximate surface area is 116 Å². The molecule has 0 saturated heterocycles. The molecule has 1 amide bonds. The third-order valence-corrected chi connectivity index (χ3v) is 2.84. The zero-order valence-electron chi connectivity index (χ0n) is 12.2. The second kappa shape index (κ2) is 9.28. The molecule has 1 rings (SSSR count). The number of carbonyl (C=O) groups excluding carboxylic acids is 1. The lowest BCUT2D eigenvalue weighted by molar-refractivity contribution is -0.121. The lowest BCUT2D eigenvalue weighted by Crippen LogP contribution is -2.32. The highest BCUT2D eigenvalue weighted by Crippen LogP contribution is 2.18. The van der Waals surface area contributed by atoms with E-state index in [0.717, 1.165) is 25.8 Å². The van der Waals surface area contributed by atoms with Crippen LogP contribution in [0.1, 0.15) is 39.5 Å². The van der Waals surface area contributed by atoms with Crippen molar-refractivity contribution in [1.29, 1.82) is 0 Å². The molecule has 1 aliphatic rings. The van der Waals surface area contributed by atoms with Gasteiger partial charge in [0.15, 0.2) is 0 Å². The van der Waals surface area contributed by atoms with Crippen molar-refractivity contribution in [2.45, 2.75) is 51.7 Å². The Bertz CT molecular complexity index is 255. The van der Waals surface area contributed by atoms with Gasteiger partial charge in [-0.1, -0.05) is 13.8 Å². The van der Waals surface area contributed by atoms with Crippen molar-refractivity contribution < 1.29 is 14.6 Å². The molecule has 0 bridgehead atoms. The molecule has 0 aromatic carbocycles. The van der Waals surface area contributed by atoms with E-state index in [1.54, 1.807) is 0 Å². The highest BCUT2D eigenvalue weighted by atomic mass is 16.5. The van der Waals surface area contributed by atoms with E-state index in [4.69, 9.17) is 4.74 Å². The van der Waals surface area contributed by atoms with Crippen LogP contribution >= 0.6 is 0 Å². The van der Waals surface area contributed by atoms with E-state index in [-0.39, 0.29) is 5.91 Å². The lowest BCUT2D eigenvalue weighted by Gasteiger charge is -2.13. The van der Waals surface area contributed by atoms with Crippen LogP contribution in [0.2, 0.25) is 0 Å². The minimum Gasteiger partial charge on any atom is -0.389 e. The van der Waals surface area contributed by atoms with Crippen LogP contribution in [0.4, 0.5) is 0 Å². The van der Waals surface area contributed by atoms with Crippen molar-refractivity contribution >= 4 is 5.91 Å². The summed E-state index contributed by atoms with van der Waals surface area (Å²) in [6, 6.07) is 0.445. The number of aliphatic hydroxyl groups is 1. The fourth-order valence-electron chi connectivity index (χ4n) is 1.67. The summed E-state index contributed by atoms with van der Waals surface area (Å²) in [5.41, 5.74) is 0. The number of aliphatic hydroxyl groups excluding tert-OH is 1. The van der Waals surface area contributed by atoms with Crippen LogP contribution in [0, 0.1) is 5.92 Å². The highest BCUT2D eigenvalue weighted by Gasteiger charge is 2.22. The zero-order chi connectivity index (χ0) is 14.1. The molecular weight excluding hydrogens is 244 g/mol. The molecule has 1 saturated carbocycles. The van der Waals surface area contributed by atoms with Gasteiger partial charge in [0.2, 0.25) is 5.91 Å². The molecule has 112 valence electrons. The quantitative estimate of drug-likeness (QED) is 0.483. The van der Waals surface area contributed by atoms with Crippen LogP contribution < -0.4 is 10.6 Å². The molecule has 0 spiro atoms. The second-order valence-electron chi connectivity index (χ2n) is 5.73. The molecule has 19 heavy (non-hydrogen) atoms. The number of carbonyl (C=O) groups is 1. The molecule has 0 heterocycles. The van der Waals surface area contributed by atoms with Crippen LogP contribution in [-0.4, -0.2) is 49.5 Å². The molecule has 5 nitrogen and oxygen atoms in total. The van der Waals surface area contributed by atoms with Gasteiger partial charge in [0.25, 0.3) is 0 Å². The molecule has 3 N–H and O–H groups in total. The summed E-state index contributed by atoms with van der Waals surface area (Å²) < 4.78 is 5.35. The van der Waals surface area contributed by atoms with Crippen molar-refractivity contribution in [3.05, 3.63) is 0 Å². The van der Waals surface area contributed by atoms with Gasteiger partial charge in [0, 0.05) is 25.6 Å². The first kappa shape index (κ1) is 16.4. The molecule has 5 heteroatoms. The minimum atomic E-state index is -0.473. The number of hydrogen-bond donors (Lipinski definition) is 3. The summed E-state index contributed by atoms with van der Waals surface area (Å²) in [4.78, 5) is 11.4. The van der Waals surface area contributed by atoms with Gasteiger partial charge in [-0.3, -0.25) is 4.79 Å². The largest absolute Gasteiger partial charge is 0.389 e. The minimum absolute atomic E-state index is 0.144. The summed E-state index contributed by atoms with van der Waals surface area (Å²) in [5.74, 6) is 0.634. The molecule has 1 fully saturated rings. The monoisotopic (exact) mass is 272 g/mol. The number of rotatable bonds is 11. The summed E-state index contributed by atoms with van der Waals surface area (Å²) in [5, 5.41) is 15.7. The smallest absolute Gasteiger partial charge is 0.220 e. The van der Waals surface area contributed by atoms with Gasteiger partial charge >= 0.3 is 0 Å². The molecule has 1 unspecified atom stereocenters. The van der Waals surface area contributed by atoms with E-state index in [9.17, 15) is 9.90 Å². The van der Waals surface area contributed by atoms with Gasteiger partial charge in [0.05, 0.1) is 12.7 Å². The van der Waals surface area contributed by atoms with Crippen LogP contribution in [0.3, 0.4) is 0 Å². The molecular formula is C14H28N2O3. The van der Waals surface area contributed by atoms with E-state index in [2.05, 4.69) is 24.5 Å². The average molecular weight is 272 g/mol. The Balaban J connectivity index is 1.84. The first-order valence-electron chi connectivity index (χ1n) is 7.33. The SMILES string of the molecule is CC(C)COCC(O)CNCCCC(=O)NC1CC1. The first-order chi connectivity index (χ1) is 9.08. The summed E-state index contributed by atoms with van der Waals surface area (Å²) in [7, 11) is 0. The van der Waals surface area contributed by atoms with Crippen molar-refractivity contribution in [3.63, 3.8) is 0 Å². The molecule has 0 radical (unpaired) electrons. The normalized spacial score (nSPS) is 16.6. The molecule has 0 aromatic heterocycles. The lowest BCUT2D eigenvalue weighted by atomic mass is 10.2. The third-order valence-electron chi connectivity index (χ3n) is 2.84. The average Bonchev–Trinajstić information content (AvgIpc) is 3.12. The Kier molecular flexibility index (Phi) is 8.02. The van der Waals surface area contributed by atoms with Crippen LogP contribution in [0.15, 0.2) is 0 Å². The maximum atomic E-state index is 11.4. The molecule has 1 aliphatic carbocycles. The topological polar surface area (TPSA) is 70.6 Å². The number of nitrogens with one attached hydrogen (secondary N) is 2. The molecule has 1 atom stereocenters. The predicted octanol–water partition coefficient (Wildman–Crippen LogP) is 0.668. The van der Waals surface area contributed by atoms with E-state index < -0.39 is 6.10 Å². The predicted molar refractivity (Wildman–Crippen MR) is 74.9 cm³/mol. The van der Waals surface area contributed by atoms with Crippen molar-refractivity contribution in [1.82, 2.24) is 10.6 Å². The summed E-state index contributed by atoms with van der Waals surface area (Å²) in [6.45, 7) is 6.47. The van der Waals surface area contributed by atoms with Crippen molar-refractivity contribution in [2.75, 3.05) is 26.3 Å². The van der Waals surface area contributed by atoms with Crippen LogP contribution in [0.25, 0.3) is 0 Å². The number of hydrogen-bond acceptors (Lipinski definition) is 4. The molecule has 0 aliphatic heterocycles. The van der Waals surface area contributed by atoms with Crippen molar-refractivity contribution in [3.8, 4) is 0 Å². The zero-order valence-corrected chi connectivity index (χ0v) is 12.2. The fourth-order valence-corrected chi connectivity index (χ4v) is 1.67. The number of amides is 1. The van der Waals surface area contributed by atoms with Gasteiger partial charge < -0.3 is 20.5 Å². The van der Waals surface area contributed by atoms with Gasteiger partial charge in [-0.05, 0) is 31.7 Å².